The zero-order chi connectivity index (χ0) is 31.2. The van der Waals surface area contributed by atoms with Gasteiger partial charge in [-0.15, -0.1) is 11.3 Å². The summed E-state index contributed by atoms with van der Waals surface area (Å²) in [6.45, 7) is 3.35. The number of benzene rings is 2. The predicted molar refractivity (Wildman–Crippen MR) is 180 cm³/mol. The number of thiocarbonyl (C=S) groups is 1. The third-order valence-electron chi connectivity index (χ3n) is 7.25. The van der Waals surface area contributed by atoms with Crippen molar-refractivity contribution < 1.29 is 18.7 Å². The van der Waals surface area contributed by atoms with Crippen molar-refractivity contribution in [2.24, 2.45) is 0 Å². The summed E-state index contributed by atoms with van der Waals surface area (Å²) in [6.07, 6.45) is 4.38. The zero-order valence-corrected chi connectivity index (χ0v) is 26.2. The lowest BCUT2D eigenvalue weighted by atomic mass is 10.2. The van der Waals surface area contributed by atoms with Crippen LogP contribution in [0.25, 0.3) is 20.8 Å². The summed E-state index contributed by atoms with van der Waals surface area (Å²) in [5.74, 6) is -0.100. The molecule has 12 heteroatoms. The lowest BCUT2D eigenvalue weighted by Gasteiger charge is -2.21. The van der Waals surface area contributed by atoms with Crippen LogP contribution in [0.5, 0.6) is 11.5 Å². The molecule has 0 spiro atoms. The number of aromatic nitrogens is 2. The number of pyridine rings is 2. The molecule has 0 aliphatic carbocycles. The van der Waals surface area contributed by atoms with Gasteiger partial charge in [0.25, 0.3) is 0 Å². The van der Waals surface area contributed by atoms with Gasteiger partial charge in [-0.1, -0.05) is 24.3 Å². The molecular weight excluding hydrogens is 612 g/mol. The van der Waals surface area contributed by atoms with Gasteiger partial charge in [0.05, 0.1) is 27.4 Å². The largest absolute Gasteiger partial charge is 0.453 e. The summed E-state index contributed by atoms with van der Waals surface area (Å²) in [6, 6.07) is 21.3. The van der Waals surface area contributed by atoms with Gasteiger partial charge < -0.3 is 25.0 Å². The molecule has 0 saturated carbocycles. The molecule has 0 unspecified atom stereocenters. The number of nitrogens with zero attached hydrogens (tertiary/aromatic N) is 4. The summed E-state index contributed by atoms with van der Waals surface area (Å²) < 4.78 is 27.1. The van der Waals surface area contributed by atoms with Gasteiger partial charge in [-0.05, 0) is 67.1 Å². The Bertz CT molecular complexity index is 1800. The summed E-state index contributed by atoms with van der Waals surface area (Å²) in [7, 11) is 1.69. The molecule has 1 saturated heterocycles. The first-order chi connectivity index (χ1) is 22.0. The third-order valence-corrected chi connectivity index (χ3v) is 8.85. The number of amides is 2. The molecule has 9 nitrogen and oxygen atoms in total. The predicted octanol–water partition coefficient (Wildman–Crippen LogP) is 6.71. The van der Waals surface area contributed by atoms with Crippen molar-refractivity contribution in [2.75, 3.05) is 50.1 Å². The Labute approximate surface area is 269 Å². The minimum atomic E-state index is -0.613. The van der Waals surface area contributed by atoms with E-state index >= 15 is 4.39 Å². The van der Waals surface area contributed by atoms with Gasteiger partial charge in [-0.2, -0.15) is 0 Å². The van der Waals surface area contributed by atoms with Crippen molar-refractivity contribution in [3.05, 3.63) is 96.6 Å². The van der Waals surface area contributed by atoms with E-state index in [4.69, 9.17) is 21.7 Å². The Morgan fingerprint density at radius 1 is 1.02 bits per heavy atom. The Morgan fingerprint density at radius 2 is 1.89 bits per heavy atom. The highest BCUT2D eigenvalue weighted by molar-refractivity contribution is 7.80. The Hall–Kier alpha value is -4.49. The Morgan fingerprint density at radius 3 is 2.67 bits per heavy atom. The van der Waals surface area contributed by atoms with Gasteiger partial charge in [-0.25, -0.2) is 9.18 Å². The van der Waals surface area contributed by atoms with Crippen LogP contribution in [0.2, 0.25) is 0 Å². The van der Waals surface area contributed by atoms with Crippen LogP contribution in [0, 0.1) is 5.82 Å². The molecule has 0 radical (unpaired) electrons. The van der Waals surface area contributed by atoms with E-state index in [1.165, 1.54) is 28.4 Å². The number of carbonyl (C=O) groups excluding carboxylic acids is 1. The minimum absolute atomic E-state index is 0.0315. The number of halogens is 1. The van der Waals surface area contributed by atoms with Crippen LogP contribution in [0.3, 0.4) is 0 Å². The number of carbonyl (C=O) groups is 1. The summed E-state index contributed by atoms with van der Waals surface area (Å²) in [5.41, 5.74) is 3.91. The monoisotopic (exact) mass is 642 g/mol. The second-order valence-corrected chi connectivity index (χ2v) is 11.7. The van der Waals surface area contributed by atoms with E-state index in [0.717, 1.165) is 51.5 Å². The molecule has 0 bridgehead atoms. The van der Waals surface area contributed by atoms with Crippen molar-refractivity contribution in [1.82, 2.24) is 20.2 Å². The number of fused-ring (bicyclic) bond motifs is 1. The molecule has 1 aliphatic heterocycles. The fourth-order valence-corrected chi connectivity index (χ4v) is 6.33. The summed E-state index contributed by atoms with van der Waals surface area (Å²) in [5, 5.41) is 6.48. The number of thiophene rings is 1. The van der Waals surface area contributed by atoms with Crippen molar-refractivity contribution >= 4 is 56.3 Å². The fourth-order valence-electron chi connectivity index (χ4n) is 4.92. The average Bonchev–Trinajstić information content (AvgIpc) is 3.67. The lowest BCUT2D eigenvalue weighted by Crippen LogP contribution is -2.38. The molecule has 6 rings (SSSR count). The quantitative estimate of drug-likeness (QED) is 0.121. The number of urea groups is 1. The van der Waals surface area contributed by atoms with E-state index in [1.54, 1.807) is 25.4 Å². The standard InChI is InChI=1S/C33H31FN6O3S2/c1-42-18-15-35-13-11-22-7-9-26(37-21-22)30-20-27-31(45-30)29(12-14-36-27)43-28-10-8-23(19-25(28)34)38-32(41)40-17-16-39(33(40)44)24-5-3-2-4-6-24/h2-10,12,14,19-21,35H,11,13,15-18H2,1H3,(H,38,41). The lowest BCUT2D eigenvalue weighted by molar-refractivity contribution is 0.199. The number of nitrogens with one attached hydrogen (secondary N) is 2. The maximum absolute atomic E-state index is 15.2. The number of hydrogen-bond acceptors (Lipinski definition) is 8. The maximum Gasteiger partial charge on any atom is 0.328 e. The van der Waals surface area contributed by atoms with Crippen molar-refractivity contribution in [3.8, 4) is 22.1 Å². The number of para-hydroxylation sites is 1. The first-order valence-electron chi connectivity index (χ1n) is 14.5. The number of hydrogen-bond donors (Lipinski definition) is 2. The fraction of sp³-hybridized carbons (Fsp3) is 0.212. The van der Waals surface area contributed by atoms with Crippen LogP contribution in [0.1, 0.15) is 5.56 Å². The number of methoxy groups -OCH3 is 1. The molecule has 2 N–H and O–H groups in total. The van der Waals surface area contributed by atoms with Gasteiger partial charge in [0.1, 0.15) is 5.75 Å². The van der Waals surface area contributed by atoms with Crippen LogP contribution in [0.4, 0.5) is 20.6 Å². The highest BCUT2D eigenvalue weighted by Crippen LogP contribution is 2.39. The second-order valence-electron chi connectivity index (χ2n) is 10.3. The Balaban J connectivity index is 1.10. The highest BCUT2D eigenvalue weighted by atomic mass is 32.1. The van der Waals surface area contributed by atoms with E-state index in [0.29, 0.717) is 36.2 Å². The van der Waals surface area contributed by atoms with Crippen LogP contribution >= 0.6 is 23.6 Å². The Kier molecular flexibility index (Phi) is 9.55. The van der Waals surface area contributed by atoms with E-state index in [1.807, 2.05) is 53.6 Å². The third kappa shape index (κ3) is 7.10. The molecule has 45 heavy (non-hydrogen) atoms. The van der Waals surface area contributed by atoms with Crippen LogP contribution in [-0.4, -0.2) is 65.9 Å². The topological polar surface area (TPSA) is 91.8 Å². The van der Waals surface area contributed by atoms with Crippen LogP contribution < -0.4 is 20.3 Å². The summed E-state index contributed by atoms with van der Waals surface area (Å²) in [4.78, 5) is 26.4. The van der Waals surface area contributed by atoms with Gasteiger partial charge in [-0.3, -0.25) is 14.9 Å². The second kappa shape index (κ2) is 14.1. The molecule has 3 aromatic heterocycles. The zero-order valence-electron chi connectivity index (χ0n) is 24.5. The van der Waals surface area contributed by atoms with Crippen molar-refractivity contribution in [3.63, 3.8) is 0 Å². The van der Waals surface area contributed by atoms with E-state index in [2.05, 4.69) is 26.7 Å². The average molecular weight is 643 g/mol. The maximum atomic E-state index is 15.2. The molecule has 1 aliphatic rings. The molecule has 1 fully saturated rings. The van der Waals surface area contributed by atoms with E-state index < -0.39 is 11.8 Å². The van der Waals surface area contributed by atoms with Crippen molar-refractivity contribution in [2.45, 2.75) is 6.42 Å². The SMILES string of the molecule is COCCNCCc1ccc(-c2cc3nccc(Oc4ccc(NC(=O)N5CCN(c6ccccc6)C5=S)cc4F)c3s2)nc1. The number of rotatable bonds is 11. The molecule has 4 heterocycles. The van der Waals surface area contributed by atoms with Gasteiger partial charge >= 0.3 is 6.03 Å². The van der Waals surface area contributed by atoms with Crippen LogP contribution in [-0.2, 0) is 11.2 Å². The number of ether oxygens (including phenoxy) is 2. The molecule has 5 aromatic rings. The van der Waals surface area contributed by atoms with Crippen LogP contribution in [0.15, 0.2) is 85.2 Å². The molecular formula is C33H31FN6O3S2. The first kappa shape index (κ1) is 30.5. The normalized spacial score (nSPS) is 13.1. The molecule has 2 aromatic carbocycles. The van der Waals surface area contributed by atoms with E-state index in [-0.39, 0.29) is 5.75 Å². The molecule has 230 valence electrons. The summed E-state index contributed by atoms with van der Waals surface area (Å²) >= 11 is 7.02. The van der Waals surface area contributed by atoms with Gasteiger partial charge in [0, 0.05) is 62.6 Å². The molecule has 0 atom stereocenters. The van der Waals surface area contributed by atoms with Crippen molar-refractivity contribution in [1.29, 1.82) is 0 Å². The molecule has 2 amide bonds. The minimum Gasteiger partial charge on any atom is -0.453 e. The van der Waals surface area contributed by atoms with Gasteiger partial charge in [0.15, 0.2) is 16.7 Å². The first-order valence-corrected chi connectivity index (χ1v) is 15.7. The van der Waals surface area contributed by atoms with E-state index in [9.17, 15) is 4.79 Å². The van der Waals surface area contributed by atoms with Gasteiger partial charge in [0.2, 0.25) is 0 Å². The smallest absolute Gasteiger partial charge is 0.328 e. The number of anilines is 2. The highest BCUT2D eigenvalue weighted by Gasteiger charge is 2.30.